The molecule has 0 aliphatic heterocycles. The molecule has 0 aliphatic carbocycles. The number of hydrogen-bond acceptors (Lipinski definition) is 3. The topological polar surface area (TPSA) is 61.7 Å². The minimum Gasteiger partial charge on any atom is -0.373 e. The van der Waals surface area contributed by atoms with Crippen LogP contribution >= 0.6 is 0 Å². The van der Waals surface area contributed by atoms with Crippen molar-refractivity contribution >= 4 is 0 Å². The van der Waals surface area contributed by atoms with Gasteiger partial charge in [0, 0.05) is 12.4 Å². The van der Waals surface area contributed by atoms with Gasteiger partial charge in [0.15, 0.2) is 5.75 Å². The standard InChI is InChI=1S/C12H7N3O/c13-8-10-4-3-5-11(9-14)12(10)16-15-6-1-2-7-15/h1-7H. The van der Waals surface area contributed by atoms with E-state index in [1.165, 1.54) is 4.73 Å². The third-order valence-electron chi connectivity index (χ3n) is 2.03. The van der Waals surface area contributed by atoms with Crippen molar-refractivity contribution in [2.24, 2.45) is 0 Å². The largest absolute Gasteiger partial charge is 0.373 e. The van der Waals surface area contributed by atoms with Crippen LogP contribution in [-0.4, -0.2) is 4.73 Å². The van der Waals surface area contributed by atoms with Gasteiger partial charge in [0.05, 0.1) is 11.1 Å². The second-order valence-corrected chi connectivity index (χ2v) is 3.04. The Labute approximate surface area is 92.5 Å². The first kappa shape index (κ1) is 9.82. The molecule has 76 valence electrons. The number of nitriles is 2. The lowest BCUT2D eigenvalue weighted by Gasteiger charge is -2.08. The number of para-hydroxylation sites is 1. The van der Waals surface area contributed by atoms with Gasteiger partial charge in [0.2, 0.25) is 0 Å². The minimum atomic E-state index is 0.281. The van der Waals surface area contributed by atoms with E-state index < -0.39 is 0 Å². The van der Waals surface area contributed by atoms with Crippen molar-refractivity contribution in [2.45, 2.75) is 0 Å². The molecule has 0 saturated carbocycles. The molecule has 4 heteroatoms. The number of hydrogen-bond donors (Lipinski definition) is 0. The lowest BCUT2D eigenvalue weighted by molar-refractivity contribution is 0.215. The van der Waals surface area contributed by atoms with Crippen molar-refractivity contribution in [3.05, 3.63) is 53.9 Å². The molecule has 1 heterocycles. The van der Waals surface area contributed by atoms with Crippen molar-refractivity contribution < 1.29 is 4.84 Å². The molecule has 0 fully saturated rings. The van der Waals surface area contributed by atoms with Crippen molar-refractivity contribution in [1.29, 1.82) is 10.5 Å². The molecule has 2 aromatic rings. The summed E-state index contributed by atoms with van der Waals surface area (Å²) in [7, 11) is 0. The average molecular weight is 209 g/mol. The first-order valence-electron chi connectivity index (χ1n) is 4.59. The van der Waals surface area contributed by atoms with Crippen LogP contribution in [0.3, 0.4) is 0 Å². The van der Waals surface area contributed by atoms with Crippen LogP contribution in [0, 0.1) is 22.7 Å². The van der Waals surface area contributed by atoms with Crippen LogP contribution in [0.1, 0.15) is 11.1 Å². The minimum absolute atomic E-state index is 0.281. The maximum absolute atomic E-state index is 8.92. The fourth-order valence-corrected chi connectivity index (χ4v) is 1.30. The fourth-order valence-electron chi connectivity index (χ4n) is 1.30. The third kappa shape index (κ3) is 1.73. The van der Waals surface area contributed by atoms with Crippen LogP contribution in [0.15, 0.2) is 42.7 Å². The molecule has 0 aliphatic rings. The van der Waals surface area contributed by atoms with E-state index in [2.05, 4.69) is 0 Å². The number of nitrogens with zero attached hydrogens (tertiary/aromatic N) is 3. The Kier molecular flexibility index (Phi) is 2.58. The summed E-state index contributed by atoms with van der Waals surface area (Å²) in [4.78, 5) is 5.43. The summed E-state index contributed by atoms with van der Waals surface area (Å²) in [6.07, 6.45) is 3.38. The molecule has 1 aromatic carbocycles. The molecule has 2 rings (SSSR count). The highest BCUT2D eigenvalue weighted by atomic mass is 16.7. The molecule has 1 aromatic heterocycles. The van der Waals surface area contributed by atoms with Crippen LogP contribution in [0.4, 0.5) is 0 Å². The first-order chi connectivity index (χ1) is 7.85. The summed E-state index contributed by atoms with van der Waals surface area (Å²) in [6, 6.07) is 12.4. The molecule has 16 heavy (non-hydrogen) atoms. The molecule has 4 nitrogen and oxygen atoms in total. The zero-order valence-electron chi connectivity index (χ0n) is 8.29. The molecule has 0 radical (unpaired) electrons. The molecule has 0 N–H and O–H groups in total. The van der Waals surface area contributed by atoms with E-state index in [1.54, 1.807) is 42.7 Å². The predicted molar refractivity (Wildman–Crippen MR) is 56.3 cm³/mol. The Bertz CT molecular complexity index is 541. The second kappa shape index (κ2) is 4.20. The van der Waals surface area contributed by atoms with Gasteiger partial charge < -0.3 is 4.84 Å². The van der Waals surface area contributed by atoms with E-state index in [9.17, 15) is 0 Å². The highest BCUT2D eigenvalue weighted by Gasteiger charge is 2.10. The van der Waals surface area contributed by atoms with Crippen LogP contribution in [0.25, 0.3) is 0 Å². The lowest BCUT2D eigenvalue weighted by atomic mass is 10.1. The summed E-state index contributed by atoms with van der Waals surface area (Å²) in [5.41, 5.74) is 0.681. The van der Waals surface area contributed by atoms with Gasteiger partial charge in [0.1, 0.15) is 12.1 Å². The van der Waals surface area contributed by atoms with Gasteiger partial charge in [-0.25, -0.2) is 0 Å². The summed E-state index contributed by atoms with van der Waals surface area (Å²) in [6.45, 7) is 0. The Balaban J connectivity index is 2.47. The summed E-state index contributed by atoms with van der Waals surface area (Å²) in [5.74, 6) is 0.281. The zero-order valence-corrected chi connectivity index (χ0v) is 8.29. The summed E-state index contributed by atoms with van der Waals surface area (Å²) >= 11 is 0. The summed E-state index contributed by atoms with van der Waals surface area (Å²) in [5, 5.41) is 17.8. The molecule has 0 unspecified atom stereocenters. The van der Waals surface area contributed by atoms with Crippen LogP contribution < -0.4 is 4.84 Å². The van der Waals surface area contributed by atoms with Crippen molar-refractivity contribution in [1.82, 2.24) is 4.73 Å². The van der Waals surface area contributed by atoms with Crippen molar-refractivity contribution in [2.75, 3.05) is 0 Å². The Morgan fingerprint density at radius 2 is 1.50 bits per heavy atom. The molecule has 0 atom stereocenters. The Hall–Kier alpha value is -2.72. The summed E-state index contributed by atoms with van der Waals surface area (Å²) < 4.78 is 1.44. The normalized spacial score (nSPS) is 9.12. The molecule has 0 bridgehead atoms. The lowest BCUT2D eigenvalue weighted by Crippen LogP contribution is -2.04. The quantitative estimate of drug-likeness (QED) is 0.760. The van der Waals surface area contributed by atoms with Crippen LogP contribution in [0.2, 0.25) is 0 Å². The van der Waals surface area contributed by atoms with Gasteiger partial charge in [-0.05, 0) is 24.3 Å². The third-order valence-corrected chi connectivity index (χ3v) is 2.03. The Morgan fingerprint density at radius 1 is 0.938 bits per heavy atom. The highest BCUT2D eigenvalue weighted by Crippen LogP contribution is 2.23. The van der Waals surface area contributed by atoms with Gasteiger partial charge in [-0.15, -0.1) is 0 Å². The Morgan fingerprint density at radius 3 is 2.00 bits per heavy atom. The van der Waals surface area contributed by atoms with Crippen LogP contribution in [0.5, 0.6) is 5.75 Å². The SMILES string of the molecule is N#Cc1cccc(C#N)c1On1cccc1. The van der Waals surface area contributed by atoms with Gasteiger partial charge in [-0.2, -0.15) is 15.3 Å². The molecule has 0 spiro atoms. The predicted octanol–water partition coefficient (Wildman–Crippen LogP) is 2.07. The van der Waals surface area contributed by atoms with E-state index in [0.717, 1.165) is 0 Å². The van der Waals surface area contributed by atoms with E-state index in [1.807, 2.05) is 12.1 Å². The zero-order chi connectivity index (χ0) is 11.4. The van der Waals surface area contributed by atoms with Crippen molar-refractivity contribution in [3.63, 3.8) is 0 Å². The van der Waals surface area contributed by atoms with Crippen molar-refractivity contribution in [3.8, 4) is 17.9 Å². The van der Waals surface area contributed by atoms with Gasteiger partial charge in [-0.3, -0.25) is 0 Å². The monoisotopic (exact) mass is 209 g/mol. The number of aromatic nitrogens is 1. The average Bonchev–Trinajstić information content (AvgIpc) is 2.82. The number of rotatable bonds is 2. The smallest absolute Gasteiger partial charge is 0.191 e. The molecular formula is C12H7N3O. The maximum atomic E-state index is 8.92. The van der Waals surface area contributed by atoms with E-state index in [-0.39, 0.29) is 5.75 Å². The number of benzene rings is 1. The molecule has 0 saturated heterocycles. The van der Waals surface area contributed by atoms with Crippen LogP contribution in [-0.2, 0) is 0 Å². The van der Waals surface area contributed by atoms with E-state index in [4.69, 9.17) is 15.4 Å². The van der Waals surface area contributed by atoms with Gasteiger partial charge in [-0.1, -0.05) is 6.07 Å². The maximum Gasteiger partial charge on any atom is 0.191 e. The first-order valence-corrected chi connectivity index (χ1v) is 4.59. The highest BCUT2D eigenvalue weighted by molar-refractivity contribution is 5.53. The molecular weight excluding hydrogens is 202 g/mol. The van der Waals surface area contributed by atoms with E-state index in [0.29, 0.717) is 11.1 Å². The van der Waals surface area contributed by atoms with E-state index >= 15 is 0 Å². The second-order valence-electron chi connectivity index (χ2n) is 3.04. The van der Waals surface area contributed by atoms with Gasteiger partial charge in [0.25, 0.3) is 0 Å². The molecule has 0 amide bonds. The van der Waals surface area contributed by atoms with Gasteiger partial charge >= 0.3 is 0 Å². The fraction of sp³-hybridized carbons (Fsp3) is 0.